The van der Waals surface area contributed by atoms with Crippen LogP contribution in [0, 0.1) is 82.2 Å². The lowest BCUT2D eigenvalue weighted by molar-refractivity contribution is -0.128. The van der Waals surface area contributed by atoms with E-state index in [1.54, 1.807) is 0 Å². The molecule has 3 amide bonds. The second-order valence-electron chi connectivity index (χ2n) is 23.7. The van der Waals surface area contributed by atoms with Crippen LogP contribution in [0.5, 0.6) is 0 Å². The second kappa shape index (κ2) is 25.2. The Labute approximate surface area is 409 Å². The predicted octanol–water partition coefficient (Wildman–Crippen LogP) is 13.6. The summed E-state index contributed by atoms with van der Waals surface area (Å²) in [4.78, 5) is 37.6. The zero-order valence-corrected chi connectivity index (χ0v) is 43.2. The number of nitrogens with one attached hydrogen (secondary N) is 3. The van der Waals surface area contributed by atoms with Crippen molar-refractivity contribution in [3.8, 4) is 0 Å². The van der Waals surface area contributed by atoms with E-state index in [1.807, 2.05) is 62.3 Å². The Kier molecular flexibility index (Phi) is 20.9. The van der Waals surface area contributed by atoms with Gasteiger partial charge >= 0.3 is 0 Å². The molecule has 69 heavy (non-hydrogen) atoms. The summed E-state index contributed by atoms with van der Waals surface area (Å²) in [5.74, 6) is -0.307. The van der Waals surface area contributed by atoms with Crippen molar-refractivity contribution < 1.29 is 40.7 Å². The van der Waals surface area contributed by atoms with Crippen LogP contribution in [0.1, 0.15) is 163 Å². The molecule has 3 aromatic carbocycles. The van der Waals surface area contributed by atoms with Gasteiger partial charge in [-0.2, -0.15) is 0 Å². The van der Waals surface area contributed by atoms with Crippen molar-refractivity contribution in [2.24, 2.45) is 47.3 Å². The van der Waals surface area contributed by atoms with Gasteiger partial charge in [-0.1, -0.05) is 33.1 Å². The van der Waals surface area contributed by atoms with Crippen molar-refractivity contribution in [1.82, 2.24) is 16.0 Å². The van der Waals surface area contributed by atoms with Gasteiger partial charge in [-0.05, 0) is 216 Å². The van der Waals surface area contributed by atoms with Crippen molar-refractivity contribution in [1.29, 1.82) is 0 Å². The first kappa shape index (κ1) is 57.2. The Hall–Kier alpha value is -4.35. The number of hydrogen-bond donors (Lipinski definition) is 3. The second-order valence-corrected chi connectivity index (χ2v) is 23.7. The van der Waals surface area contributed by atoms with Gasteiger partial charge in [-0.3, -0.25) is 14.4 Å². The third kappa shape index (κ3) is 22.5. The minimum atomic E-state index is -0.563. The number of carbonyl (C=O) groups is 3. The Morgan fingerprint density at radius 3 is 0.913 bits per heavy atom. The number of hydrogen-bond acceptors (Lipinski definition) is 3. The summed E-state index contributed by atoms with van der Waals surface area (Å²) in [6.07, 6.45) is 12.0. The third-order valence-electron chi connectivity index (χ3n) is 13.3. The zero-order valence-electron chi connectivity index (χ0n) is 43.2. The predicted molar refractivity (Wildman–Crippen MR) is 264 cm³/mol. The quantitative estimate of drug-likeness (QED) is 0.111. The fourth-order valence-electron chi connectivity index (χ4n) is 9.09. The van der Waals surface area contributed by atoms with Crippen molar-refractivity contribution in [2.45, 2.75) is 183 Å². The molecule has 0 spiro atoms. The van der Waals surface area contributed by atoms with Crippen molar-refractivity contribution in [2.75, 3.05) is 0 Å². The molecule has 6 nitrogen and oxygen atoms in total. The van der Waals surface area contributed by atoms with Crippen LogP contribution in [0.4, 0.5) is 26.3 Å². The molecule has 0 aliphatic heterocycles. The number of amides is 3. The van der Waals surface area contributed by atoms with Crippen LogP contribution < -0.4 is 16.0 Å². The first-order valence-corrected chi connectivity index (χ1v) is 25.3. The van der Waals surface area contributed by atoms with Crippen LogP contribution in [0.2, 0.25) is 0 Å². The highest BCUT2D eigenvalue weighted by Crippen LogP contribution is 2.44. The van der Waals surface area contributed by atoms with E-state index in [0.29, 0.717) is 84.8 Å². The molecule has 0 aromatic heterocycles. The highest BCUT2D eigenvalue weighted by Gasteiger charge is 2.38. The minimum Gasteiger partial charge on any atom is -0.351 e. The van der Waals surface area contributed by atoms with E-state index in [4.69, 9.17) is 0 Å². The van der Waals surface area contributed by atoms with Gasteiger partial charge in [0.1, 0.15) is 34.9 Å². The number of halogens is 6. The molecule has 3 fully saturated rings. The molecular formula is C57H81F6N3O3. The fraction of sp³-hybridized carbons (Fsp3) is 0.632. The van der Waals surface area contributed by atoms with Crippen LogP contribution in [0.3, 0.4) is 0 Å². The SMILES string of the molecule is CC(C)(C)NC(=O)C(CCc1cc(F)cc(F)c1)CC1CCC1.CC1CC1CC(CCc1cc(F)cc(F)c1)C(=O)NC(C)(C)C.CC1CC1CC(CCc1cc(F)cc(F)c1)C(=O)NC(C)(C)C. The van der Waals surface area contributed by atoms with Gasteiger partial charge < -0.3 is 16.0 Å². The summed E-state index contributed by atoms with van der Waals surface area (Å²) >= 11 is 0. The molecule has 384 valence electrons. The molecule has 7 unspecified atom stereocenters. The molecular weight excluding hydrogens is 889 g/mol. The standard InChI is InChI=1S/3C19H27F2NO/c2*1-12-7-15(12)10-14(18(23)22-19(2,3)4)6-5-13-8-16(20)11-17(21)9-13;1-19(2,3)22-18(23)15(9-13-5-4-6-13)8-7-14-10-16(20)12-17(21)11-14/h2*8-9,11-12,14-15H,5-7,10H2,1-4H3,(H,22,23);10-13,15H,4-9H2,1-3H3,(H,22,23). The van der Waals surface area contributed by atoms with Gasteiger partial charge in [0.25, 0.3) is 0 Å². The maximum atomic E-state index is 13.3. The van der Waals surface area contributed by atoms with Crippen molar-refractivity contribution >= 4 is 17.7 Å². The molecule has 3 N–H and O–H groups in total. The Balaban J connectivity index is 0.000000225. The number of benzene rings is 3. The van der Waals surface area contributed by atoms with Crippen LogP contribution in [0.25, 0.3) is 0 Å². The Morgan fingerprint density at radius 1 is 0.464 bits per heavy atom. The van der Waals surface area contributed by atoms with E-state index in [9.17, 15) is 40.7 Å². The first-order valence-electron chi connectivity index (χ1n) is 25.3. The molecule has 12 heteroatoms. The van der Waals surface area contributed by atoms with Crippen LogP contribution >= 0.6 is 0 Å². The van der Waals surface area contributed by atoms with Gasteiger partial charge in [0, 0.05) is 52.6 Å². The van der Waals surface area contributed by atoms with Gasteiger partial charge in [0.05, 0.1) is 0 Å². The van der Waals surface area contributed by atoms with Gasteiger partial charge in [0.2, 0.25) is 17.7 Å². The maximum Gasteiger partial charge on any atom is 0.223 e. The van der Waals surface area contributed by atoms with Crippen molar-refractivity contribution in [3.63, 3.8) is 0 Å². The molecule has 0 bridgehead atoms. The van der Waals surface area contributed by atoms with Gasteiger partial charge in [-0.15, -0.1) is 0 Å². The lowest BCUT2D eigenvalue weighted by Crippen LogP contribution is -2.44. The van der Waals surface area contributed by atoms with Crippen LogP contribution in [-0.2, 0) is 33.6 Å². The van der Waals surface area contributed by atoms with Gasteiger partial charge in [0.15, 0.2) is 0 Å². The average molecular weight is 970 g/mol. The summed E-state index contributed by atoms with van der Waals surface area (Å²) in [5.41, 5.74) is 1.04. The van der Waals surface area contributed by atoms with E-state index < -0.39 is 34.9 Å². The molecule has 6 rings (SSSR count). The largest absolute Gasteiger partial charge is 0.351 e. The number of rotatable bonds is 18. The zero-order chi connectivity index (χ0) is 51.4. The monoisotopic (exact) mass is 970 g/mol. The molecule has 3 saturated carbocycles. The lowest BCUT2D eigenvalue weighted by atomic mass is 9.77. The summed E-state index contributed by atoms with van der Waals surface area (Å²) in [6.45, 7) is 22.1. The van der Waals surface area contributed by atoms with E-state index >= 15 is 0 Å². The molecule has 3 aliphatic rings. The van der Waals surface area contributed by atoms with E-state index in [-0.39, 0.29) is 52.1 Å². The molecule has 0 heterocycles. The van der Waals surface area contributed by atoms with Crippen LogP contribution in [-0.4, -0.2) is 34.3 Å². The minimum absolute atomic E-state index is 0.0495. The lowest BCUT2D eigenvalue weighted by Gasteiger charge is -2.31. The summed E-state index contributed by atoms with van der Waals surface area (Å²) in [6, 6.07) is 10.7. The maximum absolute atomic E-state index is 13.3. The smallest absolute Gasteiger partial charge is 0.223 e. The molecule has 3 aromatic rings. The van der Waals surface area contributed by atoms with Gasteiger partial charge in [-0.25, -0.2) is 26.3 Å². The van der Waals surface area contributed by atoms with E-state index in [0.717, 1.165) is 37.5 Å². The van der Waals surface area contributed by atoms with E-state index in [1.165, 1.54) is 68.5 Å². The first-order chi connectivity index (χ1) is 32.0. The number of aryl methyl sites for hydroxylation is 3. The molecule has 0 radical (unpaired) electrons. The highest BCUT2D eigenvalue weighted by molar-refractivity contribution is 5.80. The fourth-order valence-corrected chi connectivity index (χ4v) is 9.09. The van der Waals surface area contributed by atoms with E-state index in [2.05, 4.69) is 29.8 Å². The molecule has 7 atom stereocenters. The summed E-state index contributed by atoms with van der Waals surface area (Å²) < 4.78 is 79.7. The van der Waals surface area contributed by atoms with Crippen LogP contribution in [0.15, 0.2) is 54.6 Å². The number of carbonyl (C=O) groups excluding carboxylic acids is 3. The summed E-state index contributed by atoms with van der Waals surface area (Å²) in [7, 11) is 0. The Bertz CT molecular complexity index is 1870. The average Bonchev–Trinajstić information content (AvgIpc) is 4.07. The molecule has 3 aliphatic carbocycles. The highest BCUT2D eigenvalue weighted by atomic mass is 19.2. The molecule has 0 saturated heterocycles. The summed E-state index contributed by atoms with van der Waals surface area (Å²) in [5, 5.41) is 9.12. The topological polar surface area (TPSA) is 87.3 Å². The van der Waals surface area contributed by atoms with Crippen molar-refractivity contribution in [3.05, 3.63) is 106 Å². The third-order valence-corrected chi connectivity index (χ3v) is 13.3. The normalized spacial score (nSPS) is 20.1. The Morgan fingerprint density at radius 2 is 0.710 bits per heavy atom.